The maximum absolute atomic E-state index is 12.1. The lowest BCUT2D eigenvalue weighted by molar-refractivity contribution is -0.143. The minimum atomic E-state index is -1.04. The van der Waals surface area contributed by atoms with E-state index in [-0.39, 0.29) is 18.4 Å². The van der Waals surface area contributed by atoms with E-state index in [2.05, 4.69) is 5.32 Å². The number of carbonyl (C=O) groups excluding carboxylic acids is 2. The summed E-state index contributed by atoms with van der Waals surface area (Å²) >= 11 is 0. The fourth-order valence-electron chi connectivity index (χ4n) is 2.04. The number of carboxylic acids is 1. The summed E-state index contributed by atoms with van der Waals surface area (Å²) in [5, 5.41) is 11.7. The van der Waals surface area contributed by atoms with Crippen molar-refractivity contribution in [2.24, 2.45) is 5.92 Å². The van der Waals surface area contributed by atoms with Crippen LogP contribution < -0.4 is 5.32 Å². The Morgan fingerprint density at radius 1 is 1.44 bits per heavy atom. The Morgan fingerprint density at radius 3 is 2.50 bits per heavy atom. The summed E-state index contributed by atoms with van der Waals surface area (Å²) in [4.78, 5) is 37.0. The van der Waals surface area contributed by atoms with Crippen LogP contribution in [-0.2, 0) is 9.59 Å². The molecule has 2 N–H and O–H groups in total. The van der Waals surface area contributed by atoms with Crippen LogP contribution in [0.5, 0.6) is 0 Å². The van der Waals surface area contributed by atoms with Crippen LogP contribution in [-0.4, -0.2) is 65.5 Å². The molecular weight excluding hydrogens is 238 g/mol. The van der Waals surface area contributed by atoms with Crippen molar-refractivity contribution < 1.29 is 19.5 Å². The Morgan fingerprint density at radius 2 is 2.06 bits per heavy atom. The molecular formula is C11H19N3O4. The van der Waals surface area contributed by atoms with E-state index in [0.29, 0.717) is 13.1 Å². The maximum atomic E-state index is 12.1. The van der Waals surface area contributed by atoms with Gasteiger partial charge in [0.25, 0.3) is 0 Å². The summed E-state index contributed by atoms with van der Waals surface area (Å²) in [6.07, 6.45) is 0. The van der Waals surface area contributed by atoms with Crippen molar-refractivity contribution in [2.45, 2.75) is 19.9 Å². The highest BCUT2D eigenvalue weighted by Crippen LogP contribution is 2.12. The van der Waals surface area contributed by atoms with E-state index in [4.69, 9.17) is 5.11 Å². The van der Waals surface area contributed by atoms with E-state index in [1.165, 1.54) is 16.8 Å². The molecule has 0 saturated carbocycles. The first kappa shape index (κ1) is 14.3. The Bertz CT molecular complexity index is 356. The van der Waals surface area contributed by atoms with E-state index < -0.39 is 18.0 Å². The number of hydrogen-bond donors (Lipinski definition) is 2. The van der Waals surface area contributed by atoms with Crippen LogP contribution in [0, 0.1) is 5.92 Å². The first-order valence-electron chi connectivity index (χ1n) is 5.85. The molecule has 1 saturated heterocycles. The van der Waals surface area contributed by atoms with Crippen LogP contribution in [0.2, 0.25) is 0 Å². The normalized spacial score (nSPS) is 17.3. The Kier molecular flexibility index (Phi) is 4.52. The smallest absolute Gasteiger partial charge is 0.326 e. The summed E-state index contributed by atoms with van der Waals surface area (Å²) in [6.45, 7) is 4.27. The number of piperazine rings is 1. The Labute approximate surface area is 106 Å². The SMILES string of the molecule is CC(C)C(C(=O)O)N(C)C(=O)N1CCNC(=O)C1. The number of amides is 3. The molecule has 1 rings (SSSR count). The molecule has 0 bridgehead atoms. The van der Waals surface area contributed by atoms with Gasteiger partial charge in [-0.1, -0.05) is 13.8 Å². The van der Waals surface area contributed by atoms with Gasteiger partial charge in [0.2, 0.25) is 5.91 Å². The number of hydrogen-bond acceptors (Lipinski definition) is 3. The molecule has 7 nitrogen and oxygen atoms in total. The Balaban J connectivity index is 2.75. The highest BCUT2D eigenvalue weighted by atomic mass is 16.4. The van der Waals surface area contributed by atoms with Gasteiger partial charge in [0.15, 0.2) is 0 Å². The Hall–Kier alpha value is -1.79. The fraction of sp³-hybridized carbons (Fsp3) is 0.727. The van der Waals surface area contributed by atoms with Crippen LogP contribution in [0.4, 0.5) is 4.79 Å². The van der Waals surface area contributed by atoms with Gasteiger partial charge in [-0.3, -0.25) is 4.79 Å². The zero-order valence-electron chi connectivity index (χ0n) is 10.8. The van der Waals surface area contributed by atoms with E-state index in [9.17, 15) is 14.4 Å². The van der Waals surface area contributed by atoms with Crippen molar-refractivity contribution in [1.29, 1.82) is 0 Å². The minimum absolute atomic E-state index is 0.0202. The van der Waals surface area contributed by atoms with Gasteiger partial charge in [0, 0.05) is 20.1 Å². The number of nitrogens with zero attached hydrogens (tertiary/aromatic N) is 2. The van der Waals surface area contributed by atoms with Crippen molar-refractivity contribution in [1.82, 2.24) is 15.1 Å². The predicted molar refractivity (Wildman–Crippen MR) is 64.0 cm³/mol. The van der Waals surface area contributed by atoms with Gasteiger partial charge < -0.3 is 20.2 Å². The van der Waals surface area contributed by atoms with E-state index in [1.807, 2.05) is 0 Å². The quantitative estimate of drug-likeness (QED) is 0.718. The second-order valence-electron chi connectivity index (χ2n) is 4.69. The number of aliphatic carboxylic acids is 1. The zero-order valence-corrected chi connectivity index (χ0v) is 10.8. The van der Waals surface area contributed by atoms with E-state index in [0.717, 1.165) is 0 Å². The summed E-state index contributed by atoms with van der Waals surface area (Å²) in [5.74, 6) is -1.46. The number of urea groups is 1. The van der Waals surface area contributed by atoms with Gasteiger partial charge in [0.05, 0.1) is 0 Å². The van der Waals surface area contributed by atoms with Gasteiger partial charge in [0.1, 0.15) is 12.6 Å². The molecule has 7 heteroatoms. The van der Waals surface area contributed by atoms with Gasteiger partial charge in [-0.05, 0) is 5.92 Å². The predicted octanol–water partition coefficient (Wildman–Crippen LogP) is -0.421. The summed E-state index contributed by atoms with van der Waals surface area (Å²) in [5.41, 5.74) is 0. The number of carboxylic acid groups (broad SMARTS) is 1. The average Bonchev–Trinajstić information content (AvgIpc) is 2.26. The number of carbonyl (C=O) groups is 3. The van der Waals surface area contributed by atoms with Crippen molar-refractivity contribution in [3.8, 4) is 0 Å². The molecule has 18 heavy (non-hydrogen) atoms. The minimum Gasteiger partial charge on any atom is -0.480 e. The molecule has 1 atom stereocenters. The second kappa shape index (κ2) is 5.70. The van der Waals surface area contributed by atoms with Gasteiger partial charge in [-0.15, -0.1) is 0 Å². The molecule has 0 spiro atoms. The van der Waals surface area contributed by atoms with Crippen molar-refractivity contribution in [3.63, 3.8) is 0 Å². The van der Waals surface area contributed by atoms with Gasteiger partial charge >= 0.3 is 12.0 Å². The molecule has 1 fully saturated rings. The second-order valence-corrected chi connectivity index (χ2v) is 4.69. The summed E-state index contributed by atoms with van der Waals surface area (Å²) in [7, 11) is 1.45. The zero-order chi connectivity index (χ0) is 13.9. The lowest BCUT2D eigenvalue weighted by Crippen LogP contribution is -2.56. The van der Waals surface area contributed by atoms with Crippen LogP contribution in [0.3, 0.4) is 0 Å². The topological polar surface area (TPSA) is 89.9 Å². The largest absolute Gasteiger partial charge is 0.480 e. The third kappa shape index (κ3) is 3.12. The van der Waals surface area contributed by atoms with Crippen molar-refractivity contribution in [3.05, 3.63) is 0 Å². The summed E-state index contributed by atoms with van der Waals surface area (Å²) < 4.78 is 0. The lowest BCUT2D eigenvalue weighted by atomic mass is 10.0. The van der Waals surface area contributed by atoms with Crippen molar-refractivity contribution in [2.75, 3.05) is 26.7 Å². The molecule has 102 valence electrons. The first-order chi connectivity index (χ1) is 8.34. The molecule has 3 amide bonds. The molecule has 1 heterocycles. The molecule has 0 aromatic heterocycles. The molecule has 0 aromatic rings. The number of rotatable bonds is 3. The maximum Gasteiger partial charge on any atom is 0.326 e. The van der Waals surface area contributed by atoms with Gasteiger partial charge in [-0.2, -0.15) is 0 Å². The highest BCUT2D eigenvalue weighted by Gasteiger charge is 2.33. The van der Waals surface area contributed by atoms with Crippen LogP contribution >= 0.6 is 0 Å². The fourth-order valence-corrected chi connectivity index (χ4v) is 2.04. The third-order valence-corrected chi connectivity index (χ3v) is 2.91. The number of likely N-dealkylation sites (N-methyl/N-ethyl adjacent to an activating group) is 1. The molecule has 0 aliphatic carbocycles. The standard InChI is InChI=1S/C11H19N3O4/c1-7(2)9(10(16)17)13(3)11(18)14-5-4-12-8(15)6-14/h7,9H,4-6H2,1-3H3,(H,12,15)(H,16,17). The van der Waals surface area contributed by atoms with Crippen molar-refractivity contribution >= 4 is 17.9 Å². The highest BCUT2D eigenvalue weighted by molar-refractivity contribution is 5.87. The average molecular weight is 257 g/mol. The van der Waals surface area contributed by atoms with Crippen LogP contribution in [0.15, 0.2) is 0 Å². The lowest BCUT2D eigenvalue weighted by Gasteiger charge is -2.34. The van der Waals surface area contributed by atoms with Gasteiger partial charge in [-0.25, -0.2) is 9.59 Å². The molecule has 1 aliphatic rings. The van der Waals surface area contributed by atoms with E-state index in [1.54, 1.807) is 13.8 Å². The van der Waals surface area contributed by atoms with Crippen LogP contribution in [0.1, 0.15) is 13.8 Å². The third-order valence-electron chi connectivity index (χ3n) is 2.91. The first-order valence-corrected chi connectivity index (χ1v) is 5.85. The van der Waals surface area contributed by atoms with E-state index >= 15 is 0 Å². The number of nitrogens with one attached hydrogen (secondary N) is 1. The monoisotopic (exact) mass is 257 g/mol. The molecule has 0 radical (unpaired) electrons. The molecule has 0 aromatic carbocycles. The molecule has 1 aliphatic heterocycles. The molecule has 1 unspecified atom stereocenters. The van der Waals surface area contributed by atoms with Crippen LogP contribution in [0.25, 0.3) is 0 Å². The summed E-state index contributed by atoms with van der Waals surface area (Å²) in [6, 6.07) is -1.31.